The van der Waals surface area contributed by atoms with Gasteiger partial charge in [0.1, 0.15) is 10.9 Å². The zero-order chi connectivity index (χ0) is 10.7. The molecular weight excluding hydrogens is 206 g/mol. The van der Waals surface area contributed by atoms with Crippen LogP contribution >= 0.6 is 11.3 Å². The molecule has 1 N–H and O–H groups in total. The predicted octanol–water partition coefficient (Wildman–Crippen LogP) is 2.78. The fraction of sp³-hybridized carbons (Fsp3) is 0.0833. The average molecular weight is 215 g/mol. The van der Waals surface area contributed by atoms with Gasteiger partial charge in [0, 0.05) is 4.88 Å². The smallest absolute Gasteiger partial charge is 0.110 e. The minimum absolute atomic E-state index is 0.0637. The van der Waals surface area contributed by atoms with Crippen LogP contribution in [0.25, 0.3) is 10.4 Å². The van der Waals surface area contributed by atoms with Gasteiger partial charge in [-0.2, -0.15) is 5.26 Å². The third kappa shape index (κ3) is 2.07. The monoisotopic (exact) mass is 215 g/mol. The zero-order valence-electron chi connectivity index (χ0n) is 7.97. The molecule has 1 aromatic carbocycles. The first-order valence-electron chi connectivity index (χ1n) is 4.53. The Balaban J connectivity index is 2.33. The standard InChI is InChI=1S/C12H9NOS/c13-7-11-5-6-12(15-11)10-3-1-9(8-14)2-4-10/h1-6,14H,8H2. The van der Waals surface area contributed by atoms with E-state index in [0.717, 1.165) is 20.9 Å². The number of nitrogens with zero attached hydrogens (tertiary/aromatic N) is 1. The molecule has 3 heteroatoms. The molecule has 0 saturated heterocycles. The molecule has 0 fully saturated rings. The predicted molar refractivity (Wildman–Crippen MR) is 60.4 cm³/mol. The van der Waals surface area contributed by atoms with Crippen molar-refractivity contribution in [2.75, 3.05) is 0 Å². The van der Waals surface area contributed by atoms with Gasteiger partial charge in [-0.25, -0.2) is 0 Å². The maximum atomic E-state index is 8.90. The van der Waals surface area contributed by atoms with Crippen molar-refractivity contribution in [3.63, 3.8) is 0 Å². The Kier molecular flexibility index (Phi) is 2.82. The summed E-state index contributed by atoms with van der Waals surface area (Å²) in [5.41, 5.74) is 1.98. The molecule has 2 aromatic rings. The van der Waals surface area contributed by atoms with Crippen molar-refractivity contribution in [2.45, 2.75) is 6.61 Å². The molecule has 74 valence electrons. The van der Waals surface area contributed by atoms with Crippen LogP contribution in [0, 0.1) is 11.3 Å². The van der Waals surface area contributed by atoms with E-state index < -0.39 is 0 Å². The first kappa shape index (κ1) is 9.91. The summed E-state index contributed by atoms with van der Waals surface area (Å²) >= 11 is 1.48. The molecular formula is C12H9NOS. The highest BCUT2D eigenvalue weighted by atomic mass is 32.1. The van der Waals surface area contributed by atoms with E-state index in [0.29, 0.717) is 0 Å². The lowest BCUT2D eigenvalue weighted by Gasteiger charge is -1.98. The Hall–Kier alpha value is -1.63. The Labute approximate surface area is 92.0 Å². The van der Waals surface area contributed by atoms with Crippen LogP contribution in [0.4, 0.5) is 0 Å². The van der Waals surface area contributed by atoms with Gasteiger partial charge in [0.05, 0.1) is 6.61 Å². The van der Waals surface area contributed by atoms with Gasteiger partial charge in [0.25, 0.3) is 0 Å². The highest BCUT2D eigenvalue weighted by Crippen LogP contribution is 2.27. The first-order valence-corrected chi connectivity index (χ1v) is 5.35. The average Bonchev–Trinajstić information content (AvgIpc) is 2.78. The fourth-order valence-corrected chi connectivity index (χ4v) is 2.14. The van der Waals surface area contributed by atoms with E-state index in [1.165, 1.54) is 11.3 Å². The number of nitriles is 1. The van der Waals surface area contributed by atoms with Gasteiger partial charge in [0.2, 0.25) is 0 Å². The third-order valence-corrected chi connectivity index (χ3v) is 3.18. The van der Waals surface area contributed by atoms with Crippen LogP contribution in [0.2, 0.25) is 0 Å². The maximum Gasteiger partial charge on any atom is 0.110 e. The number of rotatable bonds is 2. The topological polar surface area (TPSA) is 44.0 Å². The zero-order valence-corrected chi connectivity index (χ0v) is 8.79. The van der Waals surface area contributed by atoms with Gasteiger partial charge in [-0.15, -0.1) is 11.3 Å². The SMILES string of the molecule is N#Cc1ccc(-c2ccc(CO)cc2)s1. The number of aliphatic hydroxyl groups excluding tert-OH is 1. The van der Waals surface area contributed by atoms with Crippen molar-refractivity contribution in [1.82, 2.24) is 0 Å². The van der Waals surface area contributed by atoms with Gasteiger partial charge in [0.15, 0.2) is 0 Å². The van der Waals surface area contributed by atoms with Crippen molar-refractivity contribution in [3.05, 3.63) is 46.8 Å². The lowest BCUT2D eigenvalue weighted by molar-refractivity contribution is 0.282. The van der Waals surface area contributed by atoms with E-state index in [1.807, 2.05) is 36.4 Å². The molecule has 0 aliphatic carbocycles. The van der Waals surface area contributed by atoms with Crippen LogP contribution in [-0.2, 0) is 6.61 Å². The molecule has 0 atom stereocenters. The molecule has 0 aliphatic rings. The number of hydrogen-bond acceptors (Lipinski definition) is 3. The van der Waals surface area contributed by atoms with Crippen LogP contribution in [0.1, 0.15) is 10.4 Å². The maximum absolute atomic E-state index is 8.90. The molecule has 0 spiro atoms. The lowest BCUT2D eigenvalue weighted by Crippen LogP contribution is -1.81. The highest BCUT2D eigenvalue weighted by molar-refractivity contribution is 7.16. The van der Waals surface area contributed by atoms with Gasteiger partial charge in [-0.05, 0) is 23.3 Å². The van der Waals surface area contributed by atoms with Crippen molar-refractivity contribution in [3.8, 4) is 16.5 Å². The van der Waals surface area contributed by atoms with Gasteiger partial charge < -0.3 is 5.11 Å². The third-order valence-electron chi connectivity index (χ3n) is 2.14. The molecule has 0 amide bonds. The summed E-state index contributed by atoms with van der Waals surface area (Å²) in [4.78, 5) is 1.80. The molecule has 1 aromatic heterocycles. The molecule has 0 bridgehead atoms. The summed E-state index contributed by atoms with van der Waals surface area (Å²) in [5.74, 6) is 0. The van der Waals surface area contributed by atoms with Crippen molar-refractivity contribution < 1.29 is 5.11 Å². The molecule has 0 radical (unpaired) electrons. The van der Waals surface area contributed by atoms with E-state index in [9.17, 15) is 0 Å². The van der Waals surface area contributed by atoms with Gasteiger partial charge in [-0.3, -0.25) is 0 Å². The van der Waals surface area contributed by atoms with E-state index in [-0.39, 0.29) is 6.61 Å². The molecule has 1 heterocycles. The van der Waals surface area contributed by atoms with Crippen LogP contribution in [0.15, 0.2) is 36.4 Å². The van der Waals surface area contributed by atoms with Crippen LogP contribution in [0.3, 0.4) is 0 Å². The summed E-state index contributed by atoms with van der Waals surface area (Å²) < 4.78 is 0. The normalized spacial score (nSPS) is 9.87. The summed E-state index contributed by atoms with van der Waals surface area (Å²) in [6, 6.07) is 13.6. The quantitative estimate of drug-likeness (QED) is 0.837. The molecule has 0 aliphatic heterocycles. The van der Waals surface area contributed by atoms with E-state index in [2.05, 4.69) is 6.07 Å². The summed E-state index contributed by atoms with van der Waals surface area (Å²) in [6.07, 6.45) is 0. The Bertz CT molecular complexity index is 493. The Morgan fingerprint density at radius 3 is 2.40 bits per heavy atom. The van der Waals surface area contributed by atoms with Crippen molar-refractivity contribution in [2.24, 2.45) is 0 Å². The Morgan fingerprint density at radius 2 is 1.87 bits per heavy atom. The molecule has 2 nitrogen and oxygen atoms in total. The lowest BCUT2D eigenvalue weighted by atomic mass is 10.1. The second kappa shape index (κ2) is 4.26. The minimum atomic E-state index is 0.0637. The molecule has 15 heavy (non-hydrogen) atoms. The van der Waals surface area contributed by atoms with Crippen molar-refractivity contribution in [1.29, 1.82) is 5.26 Å². The Morgan fingerprint density at radius 1 is 1.13 bits per heavy atom. The summed E-state index contributed by atoms with van der Waals surface area (Å²) in [6.45, 7) is 0.0637. The first-order chi connectivity index (χ1) is 7.33. The molecule has 0 unspecified atom stereocenters. The van der Waals surface area contributed by atoms with Crippen LogP contribution in [-0.4, -0.2) is 5.11 Å². The van der Waals surface area contributed by atoms with E-state index >= 15 is 0 Å². The number of thiophene rings is 1. The highest BCUT2D eigenvalue weighted by Gasteiger charge is 2.01. The van der Waals surface area contributed by atoms with Gasteiger partial charge in [-0.1, -0.05) is 24.3 Å². The van der Waals surface area contributed by atoms with Crippen molar-refractivity contribution >= 4 is 11.3 Å². The summed E-state index contributed by atoms with van der Waals surface area (Å²) in [5, 5.41) is 17.6. The van der Waals surface area contributed by atoms with E-state index in [1.54, 1.807) is 0 Å². The largest absolute Gasteiger partial charge is 0.392 e. The second-order valence-corrected chi connectivity index (χ2v) is 4.21. The number of hydrogen-bond donors (Lipinski definition) is 1. The molecule has 2 rings (SSSR count). The number of benzene rings is 1. The van der Waals surface area contributed by atoms with E-state index in [4.69, 9.17) is 10.4 Å². The minimum Gasteiger partial charge on any atom is -0.392 e. The second-order valence-electron chi connectivity index (χ2n) is 3.13. The van der Waals surface area contributed by atoms with Crippen LogP contribution < -0.4 is 0 Å². The van der Waals surface area contributed by atoms with Crippen LogP contribution in [0.5, 0.6) is 0 Å². The fourth-order valence-electron chi connectivity index (χ4n) is 1.33. The number of aliphatic hydroxyl groups is 1. The van der Waals surface area contributed by atoms with Gasteiger partial charge >= 0.3 is 0 Å². The summed E-state index contributed by atoms with van der Waals surface area (Å²) in [7, 11) is 0. The molecule has 0 saturated carbocycles.